The molecule has 0 aliphatic carbocycles. The fourth-order valence-corrected chi connectivity index (χ4v) is 1.72. The van der Waals surface area contributed by atoms with Crippen molar-refractivity contribution >= 4 is 24.0 Å². The van der Waals surface area contributed by atoms with Crippen molar-refractivity contribution in [2.45, 2.75) is 19.9 Å². The highest BCUT2D eigenvalue weighted by Gasteiger charge is 2.22. The van der Waals surface area contributed by atoms with Crippen molar-refractivity contribution in [1.29, 1.82) is 0 Å². The summed E-state index contributed by atoms with van der Waals surface area (Å²) in [4.78, 5) is 11.7. The largest absolute Gasteiger partial charge is 0.323 e. The molecule has 0 saturated carbocycles. The number of hydrogen-bond donors (Lipinski definition) is 2. The van der Waals surface area contributed by atoms with Gasteiger partial charge in [-0.05, 0) is 19.9 Å². The number of halogens is 1. The van der Waals surface area contributed by atoms with Gasteiger partial charge >= 0.3 is 0 Å². The molecule has 5 nitrogen and oxygen atoms in total. The molecule has 0 spiro atoms. The number of nitrogens with one attached hydrogen (secondary N) is 2. The first-order valence-electron chi connectivity index (χ1n) is 5.33. The van der Waals surface area contributed by atoms with E-state index in [1.165, 1.54) is 0 Å². The fraction of sp³-hybridized carbons (Fsp3) is 0.600. The van der Waals surface area contributed by atoms with Crippen LogP contribution in [0.4, 0.5) is 5.69 Å². The van der Waals surface area contributed by atoms with Gasteiger partial charge in [0.25, 0.3) is 0 Å². The molecule has 1 aliphatic rings. The summed E-state index contributed by atoms with van der Waals surface area (Å²) in [7, 11) is 0. The first-order chi connectivity index (χ1) is 7.29. The smallest absolute Gasteiger partial charge is 0.228 e. The van der Waals surface area contributed by atoms with Crippen molar-refractivity contribution < 1.29 is 4.79 Å². The molecule has 16 heavy (non-hydrogen) atoms. The van der Waals surface area contributed by atoms with E-state index >= 15 is 0 Å². The van der Waals surface area contributed by atoms with Gasteiger partial charge in [0.2, 0.25) is 5.91 Å². The van der Waals surface area contributed by atoms with Crippen molar-refractivity contribution in [3.05, 3.63) is 12.4 Å². The van der Waals surface area contributed by atoms with Crippen LogP contribution in [0.3, 0.4) is 0 Å². The second kappa shape index (κ2) is 5.86. The van der Waals surface area contributed by atoms with E-state index in [2.05, 4.69) is 15.7 Å². The molecule has 1 aromatic rings. The van der Waals surface area contributed by atoms with Crippen LogP contribution in [0.15, 0.2) is 12.4 Å². The summed E-state index contributed by atoms with van der Waals surface area (Å²) in [5.41, 5.74) is 0.786. The van der Waals surface area contributed by atoms with Gasteiger partial charge in [0.15, 0.2) is 0 Å². The lowest BCUT2D eigenvalue weighted by Crippen LogP contribution is -2.24. The lowest BCUT2D eigenvalue weighted by atomic mass is 10.1. The van der Waals surface area contributed by atoms with Crippen molar-refractivity contribution in [1.82, 2.24) is 15.1 Å². The van der Waals surface area contributed by atoms with Crippen LogP contribution in [-0.4, -0.2) is 28.8 Å². The maximum Gasteiger partial charge on any atom is 0.228 e. The summed E-state index contributed by atoms with van der Waals surface area (Å²) < 4.78 is 1.79. The Bertz CT molecular complexity index is 346. The maximum absolute atomic E-state index is 11.7. The van der Waals surface area contributed by atoms with Crippen LogP contribution in [0.1, 0.15) is 13.3 Å². The minimum atomic E-state index is 0. The average Bonchev–Trinajstić information content (AvgIpc) is 2.87. The molecule has 0 aromatic carbocycles. The molecule has 1 amide bonds. The zero-order valence-corrected chi connectivity index (χ0v) is 10.1. The Morgan fingerprint density at radius 3 is 3.12 bits per heavy atom. The third kappa shape index (κ3) is 2.96. The number of aryl methyl sites for hydroxylation is 1. The van der Waals surface area contributed by atoms with Crippen molar-refractivity contribution in [2.24, 2.45) is 5.92 Å². The van der Waals surface area contributed by atoms with Crippen LogP contribution in [0, 0.1) is 5.92 Å². The second-order valence-corrected chi connectivity index (χ2v) is 3.76. The minimum absolute atomic E-state index is 0. The lowest BCUT2D eigenvalue weighted by molar-refractivity contribution is -0.119. The molecular formula is C10H17ClN4O. The van der Waals surface area contributed by atoms with Gasteiger partial charge in [-0.2, -0.15) is 5.10 Å². The van der Waals surface area contributed by atoms with Gasteiger partial charge in [0.05, 0.1) is 17.8 Å². The van der Waals surface area contributed by atoms with Crippen LogP contribution < -0.4 is 10.6 Å². The molecule has 1 saturated heterocycles. The van der Waals surface area contributed by atoms with E-state index in [1.54, 1.807) is 10.9 Å². The number of nitrogens with zero attached hydrogens (tertiary/aromatic N) is 2. The van der Waals surface area contributed by atoms with Crippen LogP contribution in [0.25, 0.3) is 0 Å². The molecule has 6 heteroatoms. The van der Waals surface area contributed by atoms with E-state index in [9.17, 15) is 4.79 Å². The van der Waals surface area contributed by atoms with Gasteiger partial charge in [-0.15, -0.1) is 12.4 Å². The van der Waals surface area contributed by atoms with E-state index in [1.807, 2.05) is 13.1 Å². The number of amides is 1. The van der Waals surface area contributed by atoms with Crippen LogP contribution in [0.2, 0.25) is 0 Å². The number of hydrogen-bond acceptors (Lipinski definition) is 3. The summed E-state index contributed by atoms with van der Waals surface area (Å²) in [5.74, 6) is 0.200. The molecular weight excluding hydrogens is 228 g/mol. The third-order valence-corrected chi connectivity index (χ3v) is 2.66. The molecule has 0 bridgehead atoms. The normalized spacial score (nSPS) is 19.2. The van der Waals surface area contributed by atoms with Gasteiger partial charge in [-0.1, -0.05) is 0 Å². The second-order valence-electron chi connectivity index (χ2n) is 3.76. The summed E-state index contributed by atoms with van der Waals surface area (Å²) in [5, 5.41) is 10.2. The number of carbonyl (C=O) groups is 1. The summed E-state index contributed by atoms with van der Waals surface area (Å²) >= 11 is 0. The van der Waals surface area contributed by atoms with Crippen LogP contribution in [-0.2, 0) is 11.3 Å². The molecule has 0 radical (unpaired) electrons. The van der Waals surface area contributed by atoms with Gasteiger partial charge in [-0.25, -0.2) is 0 Å². The van der Waals surface area contributed by atoms with Crippen molar-refractivity contribution in [3.63, 3.8) is 0 Å². The van der Waals surface area contributed by atoms with Gasteiger partial charge < -0.3 is 10.6 Å². The summed E-state index contributed by atoms with van der Waals surface area (Å²) in [6.45, 7) is 4.56. The monoisotopic (exact) mass is 244 g/mol. The van der Waals surface area contributed by atoms with Crippen molar-refractivity contribution in [2.75, 3.05) is 18.4 Å². The van der Waals surface area contributed by atoms with E-state index in [-0.39, 0.29) is 24.2 Å². The first-order valence-corrected chi connectivity index (χ1v) is 5.33. The van der Waals surface area contributed by atoms with Crippen LogP contribution >= 0.6 is 12.4 Å². The number of aromatic nitrogens is 2. The molecule has 1 atom stereocenters. The summed E-state index contributed by atoms with van der Waals surface area (Å²) in [6, 6.07) is 0. The Labute approximate surface area is 101 Å². The average molecular weight is 245 g/mol. The molecule has 1 fully saturated rings. The van der Waals surface area contributed by atoms with E-state index in [0.29, 0.717) is 0 Å². The molecule has 1 aliphatic heterocycles. The number of carbonyl (C=O) groups excluding carboxylic acids is 1. The van der Waals surface area contributed by atoms with Gasteiger partial charge in [0, 0.05) is 19.3 Å². The van der Waals surface area contributed by atoms with Crippen LogP contribution in [0.5, 0.6) is 0 Å². The predicted molar refractivity (Wildman–Crippen MR) is 64.8 cm³/mol. The highest BCUT2D eigenvalue weighted by molar-refractivity contribution is 5.92. The molecule has 2 heterocycles. The molecule has 1 aromatic heterocycles. The standard InChI is InChI=1S/C10H16N4O.ClH/c1-2-14-7-9(6-12-14)13-10(15)8-3-4-11-5-8;/h6-8,11H,2-5H2,1H3,(H,13,15);1H/t8-;/m0./s1. The number of rotatable bonds is 3. The van der Waals surface area contributed by atoms with E-state index < -0.39 is 0 Å². The van der Waals surface area contributed by atoms with Crippen molar-refractivity contribution in [3.8, 4) is 0 Å². The Balaban J connectivity index is 0.00000128. The summed E-state index contributed by atoms with van der Waals surface area (Å²) in [6.07, 6.45) is 4.46. The predicted octanol–water partition coefficient (Wildman–Crippen LogP) is 0.873. The fourth-order valence-electron chi connectivity index (χ4n) is 1.72. The highest BCUT2D eigenvalue weighted by atomic mass is 35.5. The lowest BCUT2D eigenvalue weighted by Gasteiger charge is -2.07. The Morgan fingerprint density at radius 1 is 1.75 bits per heavy atom. The number of anilines is 1. The zero-order valence-electron chi connectivity index (χ0n) is 9.27. The SMILES string of the molecule is CCn1cc(NC(=O)[C@H]2CCNC2)cn1.Cl. The Kier molecular flexibility index (Phi) is 4.76. The minimum Gasteiger partial charge on any atom is -0.323 e. The highest BCUT2D eigenvalue weighted by Crippen LogP contribution is 2.12. The molecule has 90 valence electrons. The quantitative estimate of drug-likeness (QED) is 0.830. The van der Waals surface area contributed by atoms with E-state index in [4.69, 9.17) is 0 Å². The topological polar surface area (TPSA) is 59.0 Å². The molecule has 2 N–H and O–H groups in total. The Hall–Kier alpha value is -1.07. The molecule has 2 rings (SSSR count). The Morgan fingerprint density at radius 2 is 2.56 bits per heavy atom. The third-order valence-electron chi connectivity index (χ3n) is 2.66. The van der Waals surface area contributed by atoms with Gasteiger partial charge in [-0.3, -0.25) is 9.48 Å². The van der Waals surface area contributed by atoms with E-state index in [0.717, 1.165) is 31.7 Å². The molecule has 0 unspecified atom stereocenters. The zero-order chi connectivity index (χ0) is 10.7. The van der Waals surface area contributed by atoms with Gasteiger partial charge in [0.1, 0.15) is 0 Å². The maximum atomic E-state index is 11.7. The first kappa shape index (κ1) is 13.0.